The third kappa shape index (κ3) is 6.55. The topological polar surface area (TPSA) is 24.5 Å². The van der Waals surface area contributed by atoms with Gasteiger partial charge in [-0.2, -0.15) is 0 Å². The molecule has 2 unspecified atom stereocenters. The van der Waals surface area contributed by atoms with E-state index in [1.54, 1.807) is 0 Å². The first kappa shape index (κ1) is 17.9. The van der Waals surface area contributed by atoms with E-state index in [0.717, 1.165) is 44.7 Å². The Bertz CT molecular complexity index is 249. The lowest BCUT2D eigenvalue weighted by Gasteiger charge is -2.40. The minimum Gasteiger partial charge on any atom is -0.381 e. The van der Waals surface area contributed by atoms with E-state index < -0.39 is 0 Å². The van der Waals surface area contributed by atoms with Gasteiger partial charge in [-0.3, -0.25) is 0 Å². The highest BCUT2D eigenvalue weighted by molar-refractivity contribution is 4.87. The van der Waals surface area contributed by atoms with Crippen LogP contribution in [0.25, 0.3) is 0 Å². The van der Waals surface area contributed by atoms with Gasteiger partial charge in [0, 0.05) is 31.7 Å². The van der Waals surface area contributed by atoms with Gasteiger partial charge in [0.05, 0.1) is 6.61 Å². The van der Waals surface area contributed by atoms with Crippen LogP contribution in [0.1, 0.15) is 47.0 Å². The summed E-state index contributed by atoms with van der Waals surface area (Å²) >= 11 is 0. The zero-order valence-electron chi connectivity index (χ0n) is 14.4. The third-order valence-electron chi connectivity index (χ3n) is 4.38. The molecule has 2 atom stereocenters. The lowest BCUT2D eigenvalue weighted by molar-refractivity contribution is -0.0243. The van der Waals surface area contributed by atoms with Gasteiger partial charge in [-0.05, 0) is 38.3 Å². The second-order valence-electron chi connectivity index (χ2n) is 7.39. The first-order valence-electron chi connectivity index (χ1n) is 8.44. The van der Waals surface area contributed by atoms with Crippen LogP contribution in [0.4, 0.5) is 0 Å². The molecule has 0 aliphatic carbocycles. The maximum absolute atomic E-state index is 5.81. The lowest BCUT2D eigenvalue weighted by atomic mass is 9.81. The van der Waals surface area contributed by atoms with Crippen LogP contribution >= 0.6 is 0 Å². The molecule has 120 valence electrons. The Morgan fingerprint density at radius 2 is 2.05 bits per heavy atom. The molecule has 3 heteroatoms. The van der Waals surface area contributed by atoms with E-state index in [-0.39, 0.29) is 0 Å². The van der Waals surface area contributed by atoms with Crippen LogP contribution < -0.4 is 5.32 Å². The molecule has 0 aromatic rings. The van der Waals surface area contributed by atoms with Crippen LogP contribution in [0.3, 0.4) is 0 Å². The van der Waals surface area contributed by atoms with Crippen molar-refractivity contribution in [2.45, 2.75) is 47.0 Å². The number of hydrogen-bond acceptors (Lipinski definition) is 3. The van der Waals surface area contributed by atoms with Crippen LogP contribution in [-0.4, -0.2) is 51.3 Å². The summed E-state index contributed by atoms with van der Waals surface area (Å²) in [6.07, 6.45) is 3.77. The van der Waals surface area contributed by atoms with Crippen molar-refractivity contribution in [3.8, 4) is 0 Å². The lowest BCUT2D eigenvalue weighted by Crippen LogP contribution is -2.49. The average Bonchev–Trinajstić information content (AvgIpc) is 2.38. The number of rotatable bonds is 9. The summed E-state index contributed by atoms with van der Waals surface area (Å²) in [5, 5.41) is 3.66. The van der Waals surface area contributed by atoms with Crippen molar-refractivity contribution in [2.75, 3.05) is 46.4 Å². The van der Waals surface area contributed by atoms with E-state index in [1.807, 2.05) is 0 Å². The van der Waals surface area contributed by atoms with E-state index in [2.05, 4.69) is 45.0 Å². The molecule has 0 aromatic heterocycles. The standard InChI is InChI=1S/C17H36N2O/c1-6-16(4)11-19(5)13-17(8-7-9-20-14-17)12-18-10-15(2)3/h15-16,18H,6-14H2,1-5H3. The van der Waals surface area contributed by atoms with Crippen molar-refractivity contribution >= 4 is 0 Å². The van der Waals surface area contributed by atoms with Crippen LogP contribution in [0, 0.1) is 17.3 Å². The Hall–Kier alpha value is -0.120. The minimum atomic E-state index is 0.315. The fourth-order valence-corrected chi connectivity index (χ4v) is 3.15. The summed E-state index contributed by atoms with van der Waals surface area (Å²) in [5.74, 6) is 1.50. The van der Waals surface area contributed by atoms with Gasteiger partial charge in [0.2, 0.25) is 0 Å². The highest BCUT2D eigenvalue weighted by Crippen LogP contribution is 2.29. The number of nitrogens with zero attached hydrogens (tertiary/aromatic N) is 1. The van der Waals surface area contributed by atoms with Gasteiger partial charge < -0.3 is 15.0 Å². The van der Waals surface area contributed by atoms with Crippen LogP contribution in [0.15, 0.2) is 0 Å². The molecule has 1 aliphatic rings. The van der Waals surface area contributed by atoms with E-state index in [1.165, 1.54) is 25.8 Å². The van der Waals surface area contributed by atoms with Crippen LogP contribution in [-0.2, 0) is 4.74 Å². The normalized spacial score (nSPS) is 25.4. The molecule has 1 fully saturated rings. The minimum absolute atomic E-state index is 0.315. The summed E-state index contributed by atoms with van der Waals surface area (Å²) in [6.45, 7) is 15.6. The molecule has 0 bridgehead atoms. The molecule has 1 N–H and O–H groups in total. The van der Waals surface area contributed by atoms with Gasteiger partial charge in [0.1, 0.15) is 0 Å². The van der Waals surface area contributed by atoms with Crippen molar-refractivity contribution in [1.82, 2.24) is 10.2 Å². The molecule has 20 heavy (non-hydrogen) atoms. The Morgan fingerprint density at radius 3 is 2.60 bits per heavy atom. The smallest absolute Gasteiger partial charge is 0.0546 e. The van der Waals surface area contributed by atoms with Gasteiger partial charge in [-0.25, -0.2) is 0 Å². The number of ether oxygens (including phenoxy) is 1. The molecule has 1 aliphatic heterocycles. The highest BCUT2D eigenvalue weighted by Gasteiger charge is 2.33. The van der Waals surface area contributed by atoms with Crippen molar-refractivity contribution in [2.24, 2.45) is 17.3 Å². The van der Waals surface area contributed by atoms with E-state index >= 15 is 0 Å². The predicted molar refractivity (Wildman–Crippen MR) is 87.1 cm³/mol. The van der Waals surface area contributed by atoms with E-state index in [0.29, 0.717) is 5.41 Å². The fourth-order valence-electron chi connectivity index (χ4n) is 3.15. The van der Waals surface area contributed by atoms with E-state index in [9.17, 15) is 0 Å². The average molecular weight is 284 g/mol. The van der Waals surface area contributed by atoms with Crippen molar-refractivity contribution in [3.63, 3.8) is 0 Å². The molecule has 1 saturated heterocycles. The SMILES string of the molecule is CCC(C)CN(C)CC1(CNCC(C)C)CCCOC1. The quantitative estimate of drug-likeness (QED) is 0.704. The number of hydrogen-bond donors (Lipinski definition) is 1. The van der Waals surface area contributed by atoms with Crippen molar-refractivity contribution in [3.05, 3.63) is 0 Å². The highest BCUT2D eigenvalue weighted by atomic mass is 16.5. The van der Waals surface area contributed by atoms with Crippen LogP contribution in [0.2, 0.25) is 0 Å². The molecule has 0 radical (unpaired) electrons. The predicted octanol–water partition coefficient (Wildman–Crippen LogP) is 3.01. The second kappa shape index (κ2) is 9.01. The molecular weight excluding hydrogens is 248 g/mol. The van der Waals surface area contributed by atoms with Gasteiger partial charge in [-0.15, -0.1) is 0 Å². The first-order chi connectivity index (χ1) is 9.47. The van der Waals surface area contributed by atoms with Crippen molar-refractivity contribution in [1.29, 1.82) is 0 Å². The zero-order valence-corrected chi connectivity index (χ0v) is 14.4. The molecular formula is C17H36N2O. The monoisotopic (exact) mass is 284 g/mol. The number of nitrogens with one attached hydrogen (secondary N) is 1. The van der Waals surface area contributed by atoms with Gasteiger partial charge >= 0.3 is 0 Å². The maximum atomic E-state index is 5.81. The Kier molecular flexibility index (Phi) is 8.08. The largest absolute Gasteiger partial charge is 0.381 e. The Balaban J connectivity index is 2.49. The summed E-state index contributed by atoms with van der Waals surface area (Å²) in [5.41, 5.74) is 0.315. The Labute approximate surface area is 126 Å². The Morgan fingerprint density at radius 1 is 1.30 bits per heavy atom. The van der Waals surface area contributed by atoms with Gasteiger partial charge in [-0.1, -0.05) is 34.1 Å². The fraction of sp³-hybridized carbons (Fsp3) is 1.00. The summed E-state index contributed by atoms with van der Waals surface area (Å²) in [7, 11) is 2.27. The van der Waals surface area contributed by atoms with Gasteiger partial charge in [0.25, 0.3) is 0 Å². The van der Waals surface area contributed by atoms with Crippen LogP contribution in [0.5, 0.6) is 0 Å². The molecule has 0 spiro atoms. The summed E-state index contributed by atoms with van der Waals surface area (Å²) in [6, 6.07) is 0. The molecule has 3 nitrogen and oxygen atoms in total. The molecule has 1 rings (SSSR count). The summed E-state index contributed by atoms with van der Waals surface area (Å²) < 4.78 is 5.81. The molecule has 0 amide bonds. The van der Waals surface area contributed by atoms with Crippen molar-refractivity contribution < 1.29 is 4.74 Å². The molecule has 0 saturated carbocycles. The molecule has 0 aromatic carbocycles. The zero-order chi connectivity index (χ0) is 15.0. The first-order valence-corrected chi connectivity index (χ1v) is 8.44. The second-order valence-corrected chi connectivity index (χ2v) is 7.39. The molecule has 1 heterocycles. The maximum Gasteiger partial charge on any atom is 0.0546 e. The summed E-state index contributed by atoms with van der Waals surface area (Å²) in [4.78, 5) is 2.51. The van der Waals surface area contributed by atoms with Gasteiger partial charge in [0.15, 0.2) is 0 Å². The third-order valence-corrected chi connectivity index (χ3v) is 4.38. The van der Waals surface area contributed by atoms with E-state index in [4.69, 9.17) is 4.74 Å².